The lowest BCUT2D eigenvalue weighted by molar-refractivity contribution is 0.409. The van der Waals surface area contributed by atoms with Gasteiger partial charge in [-0.25, -0.2) is 4.98 Å². The summed E-state index contributed by atoms with van der Waals surface area (Å²) in [6.45, 7) is 0. The smallest absolute Gasteiger partial charge is 0.181 e. The molecule has 7 nitrogen and oxygen atoms in total. The number of oxazole rings is 1. The Bertz CT molecular complexity index is 1080. The minimum atomic E-state index is 0.0904. The Kier molecular flexibility index (Phi) is 4.45. The number of rotatable bonds is 5. The van der Waals surface area contributed by atoms with E-state index in [0.29, 0.717) is 28.3 Å². The number of nitrogen functional groups attached to an aromatic ring is 1. The zero-order chi connectivity index (χ0) is 19.7. The molecule has 1 unspecified atom stereocenters. The van der Waals surface area contributed by atoms with Crippen molar-refractivity contribution in [2.75, 3.05) is 18.2 Å². The standard InChI is InChI=1S/C21H19N5O2/c1-27-21-12(9-22)2-4-14-15(21)5-7-18(14)26-13-3-6-17(23)16(8-13)20(24)19-10-25-11-28-19/h2-4,6,8,10-11,18,24,26H,5,7,23H2,1H3. The van der Waals surface area contributed by atoms with Crippen LogP contribution in [-0.4, -0.2) is 17.8 Å². The quantitative estimate of drug-likeness (QED) is 0.464. The van der Waals surface area contributed by atoms with Gasteiger partial charge < -0.3 is 20.2 Å². The lowest BCUT2D eigenvalue weighted by atomic mass is 10.0. The summed E-state index contributed by atoms with van der Waals surface area (Å²) in [5, 5.41) is 21.1. The van der Waals surface area contributed by atoms with Crippen molar-refractivity contribution in [1.82, 2.24) is 4.98 Å². The van der Waals surface area contributed by atoms with E-state index in [9.17, 15) is 5.26 Å². The zero-order valence-corrected chi connectivity index (χ0v) is 15.3. The van der Waals surface area contributed by atoms with Gasteiger partial charge in [-0.05, 0) is 42.7 Å². The predicted octanol–water partition coefficient (Wildman–Crippen LogP) is 3.65. The maximum Gasteiger partial charge on any atom is 0.181 e. The lowest BCUT2D eigenvalue weighted by Crippen LogP contribution is -2.10. The van der Waals surface area contributed by atoms with Crippen LogP contribution in [0.3, 0.4) is 0 Å². The molecule has 0 bridgehead atoms. The van der Waals surface area contributed by atoms with Gasteiger partial charge in [0.2, 0.25) is 0 Å². The third-order valence-electron chi connectivity index (χ3n) is 5.02. The first-order valence-electron chi connectivity index (χ1n) is 8.86. The minimum Gasteiger partial charge on any atom is -0.495 e. The summed E-state index contributed by atoms with van der Waals surface area (Å²) in [5.41, 5.74) is 10.9. The number of fused-ring (bicyclic) bond motifs is 1. The predicted molar refractivity (Wildman–Crippen MR) is 106 cm³/mol. The van der Waals surface area contributed by atoms with E-state index in [1.54, 1.807) is 19.2 Å². The van der Waals surface area contributed by atoms with Crippen LogP contribution in [0.4, 0.5) is 11.4 Å². The molecule has 0 saturated heterocycles. The van der Waals surface area contributed by atoms with Crippen LogP contribution in [0, 0.1) is 16.7 Å². The third-order valence-corrected chi connectivity index (χ3v) is 5.02. The Labute approximate surface area is 162 Å². The summed E-state index contributed by atoms with van der Waals surface area (Å²) in [6.07, 6.45) is 4.51. The lowest BCUT2D eigenvalue weighted by Gasteiger charge is -2.18. The normalized spacial score (nSPS) is 14.9. The van der Waals surface area contributed by atoms with Crippen molar-refractivity contribution in [1.29, 1.82) is 10.7 Å². The van der Waals surface area contributed by atoms with E-state index in [1.165, 1.54) is 12.6 Å². The first kappa shape index (κ1) is 17.6. The topological polar surface area (TPSA) is 121 Å². The Morgan fingerprint density at radius 2 is 2.25 bits per heavy atom. The van der Waals surface area contributed by atoms with E-state index >= 15 is 0 Å². The number of anilines is 2. The fourth-order valence-corrected chi connectivity index (χ4v) is 3.68. The molecule has 1 atom stereocenters. The first-order chi connectivity index (χ1) is 13.6. The molecule has 28 heavy (non-hydrogen) atoms. The molecule has 140 valence electrons. The molecule has 1 aliphatic rings. The highest BCUT2D eigenvalue weighted by molar-refractivity contribution is 6.12. The van der Waals surface area contributed by atoms with Gasteiger partial charge >= 0.3 is 0 Å². The van der Waals surface area contributed by atoms with Crippen LogP contribution < -0.4 is 15.8 Å². The second-order valence-electron chi connectivity index (χ2n) is 6.60. The SMILES string of the molecule is COc1c(C#N)ccc2c1CCC2Nc1ccc(N)c(C(=N)c2cnco2)c1. The second kappa shape index (κ2) is 7.08. The number of nitriles is 1. The van der Waals surface area contributed by atoms with Crippen LogP contribution in [-0.2, 0) is 6.42 Å². The first-order valence-corrected chi connectivity index (χ1v) is 8.86. The van der Waals surface area contributed by atoms with Gasteiger partial charge in [-0.15, -0.1) is 0 Å². The molecule has 7 heteroatoms. The Morgan fingerprint density at radius 3 is 2.96 bits per heavy atom. The Balaban J connectivity index is 1.63. The van der Waals surface area contributed by atoms with Gasteiger partial charge in [0.15, 0.2) is 12.2 Å². The van der Waals surface area contributed by atoms with Gasteiger partial charge in [0, 0.05) is 22.5 Å². The summed E-state index contributed by atoms with van der Waals surface area (Å²) in [6, 6.07) is 11.6. The summed E-state index contributed by atoms with van der Waals surface area (Å²) >= 11 is 0. The van der Waals surface area contributed by atoms with Gasteiger partial charge in [-0.3, -0.25) is 5.41 Å². The maximum atomic E-state index is 9.28. The van der Waals surface area contributed by atoms with Gasteiger partial charge in [0.1, 0.15) is 17.5 Å². The molecular formula is C21H19N5O2. The number of benzene rings is 2. The highest BCUT2D eigenvalue weighted by Gasteiger charge is 2.27. The molecule has 1 aromatic heterocycles. The fourth-order valence-electron chi connectivity index (χ4n) is 3.68. The summed E-state index contributed by atoms with van der Waals surface area (Å²) < 4.78 is 10.7. The monoisotopic (exact) mass is 373 g/mol. The van der Waals surface area contributed by atoms with Crippen molar-refractivity contribution < 1.29 is 9.15 Å². The molecule has 1 aliphatic carbocycles. The molecular weight excluding hydrogens is 354 g/mol. The van der Waals surface area contributed by atoms with Crippen molar-refractivity contribution in [3.63, 3.8) is 0 Å². The van der Waals surface area contributed by atoms with E-state index in [0.717, 1.165) is 29.7 Å². The van der Waals surface area contributed by atoms with Gasteiger partial charge in [0.05, 0.1) is 24.9 Å². The number of nitrogens with one attached hydrogen (secondary N) is 2. The average Bonchev–Trinajstić information content (AvgIpc) is 3.38. The third kappa shape index (κ3) is 2.95. The molecule has 3 aromatic rings. The van der Waals surface area contributed by atoms with E-state index in [2.05, 4.69) is 16.4 Å². The van der Waals surface area contributed by atoms with Crippen LogP contribution in [0.5, 0.6) is 5.75 Å². The molecule has 0 saturated carbocycles. The highest BCUT2D eigenvalue weighted by Crippen LogP contribution is 2.40. The average molecular weight is 373 g/mol. The van der Waals surface area contributed by atoms with E-state index in [1.807, 2.05) is 18.2 Å². The van der Waals surface area contributed by atoms with Crippen LogP contribution >= 0.6 is 0 Å². The molecule has 0 fully saturated rings. The van der Waals surface area contributed by atoms with Gasteiger partial charge in [0.25, 0.3) is 0 Å². The number of ether oxygens (including phenoxy) is 1. The molecule has 0 amide bonds. The number of nitrogens with zero attached hydrogens (tertiary/aromatic N) is 2. The number of aromatic nitrogens is 1. The van der Waals surface area contributed by atoms with Crippen molar-refractivity contribution in [3.8, 4) is 11.8 Å². The van der Waals surface area contributed by atoms with Crippen LogP contribution in [0.2, 0.25) is 0 Å². The molecule has 1 heterocycles. The number of hydrogen-bond acceptors (Lipinski definition) is 7. The van der Waals surface area contributed by atoms with Crippen molar-refractivity contribution in [3.05, 3.63) is 70.9 Å². The van der Waals surface area contributed by atoms with Gasteiger partial charge in [-0.2, -0.15) is 5.26 Å². The van der Waals surface area contributed by atoms with Crippen LogP contribution in [0.15, 0.2) is 47.3 Å². The summed E-state index contributed by atoms with van der Waals surface area (Å²) in [5.74, 6) is 1.03. The summed E-state index contributed by atoms with van der Waals surface area (Å²) in [7, 11) is 1.60. The van der Waals surface area contributed by atoms with E-state index in [-0.39, 0.29) is 11.8 Å². The van der Waals surface area contributed by atoms with Gasteiger partial charge in [-0.1, -0.05) is 6.07 Å². The van der Waals surface area contributed by atoms with Crippen molar-refractivity contribution >= 4 is 17.1 Å². The minimum absolute atomic E-state index is 0.0904. The van der Waals surface area contributed by atoms with E-state index < -0.39 is 0 Å². The second-order valence-corrected chi connectivity index (χ2v) is 6.60. The maximum absolute atomic E-state index is 9.28. The van der Waals surface area contributed by atoms with Crippen molar-refractivity contribution in [2.24, 2.45) is 0 Å². The highest BCUT2D eigenvalue weighted by atomic mass is 16.5. The largest absolute Gasteiger partial charge is 0.495 e. The molecule has 0 spiro atoms. The molecule has 4 N–H and O–H groups in total. The molecule has 0 radical (unpaired) electrons. The molecule has 2 aromatic carbocycles. The number of nitrogens with two attached hydrogens (primary N) is 1. The molecule has 4 rings (SSSR count). The zero-order valence-electron chi connectivity index (χ0n) is 15.3. The number of hydrogen-bond donors (Lipinski definition) is 3. The Morgan fingerprint density at radius 1 is 1.39 bits per heavy atom. The summed E-state index contributed by atoms with van der Waals surface area (Å²) in [4.78, 5) is 3.86. The van der Waals surface area contributed by atoms with Crippen LogP contribution in [0.25, 0.3) is 0 Å². The number of methoxy groups -OCH3 is 1. The Hall–Kier alpha value is -3.79. The molecule has 0 aliphatic heterocycles. The van der Waals surface area contributed by atoms with Crippen molar-refractivity contribution in [2.45, 2.75) is 18.9 Å². The van der Waals surface area contributed by atoms with E-state index in [4.69, 9.17) is 20.3 Å². The fraction of sp³-hybridized carbons (Fsp3) is 0.190. The van der Waals surface area contributed by atoms with Crippen LogP contribution in [0.1, 0.15) is 40.5 Å².